The van der Waals surface area contributed by atoms with Crippen LogP contribution in [0.25, 0.3) is 0 Å². The maximum Gasteiger partial charge on any atom is 0.293 e. The minimum atomic E-state index is -1.89. The summed E-state index contributed by atoms with van der Waals surface area (Å²) in [7, 11) is -3.69. The van der Waals surface area contributed by atoms with E-state index < -0.39 is 28.8 Å². The smallest absolute Gasteiger partial charge is 0.293 e. The van der Waals surface area contributed by atoms with Crippen molar-refractivity contribution in [2.75, 3.05) is 6.61 Å². The fourth-order valence-corrected chi connectivity index (χ4v) is 4.81. The van der Waals surface area contributed by atoms with E-state index in [4.69, 9.17) is 13.6 Å². The van der Waals surface area contributed by atoms with Crippen LogP contribution in [-0.2, 0) is 18.4 Å². The van der Waals surface area contributed by atoms with Gasteiger partial charge in [-0.15, -0.1) is 5.73 Å². The quantitative estimate of drug-likeness (QED) is 0.227. The highest BCUT2D eigenvalue weighted by Gasteiger charge is 2.39. The van der Waals surface area contributed by atoms with Gasteiger partial charge in [-0.1, -0.05) is 41.5 Å². The molecule has 0 aliphatic carbocycles. The van der Waals surface area contributed by atoms with Gasteiger partial charge in [0.15, 0.2) is 16.6 Å². The molecule has 3 atom stereocenters. The molecule has 0 amide bonds. The molecule has 1 N–H and O–H groups in total. The number of carbonyl (C=O) groups is 1. The summed E-state index contributed by atoms with van der Waals surface area (Å²) in [6.45, 7) is 25.0. The molecule has 0 aromatic heterocycles. The fourth-order valence-electron chi connectivity index (χ4n) is 2.30. The van der Waals surface area contributed by atoms with Crippen molar-refractivity contribution in [1.29, 1.82) is 0 Å². The summed E-state index contributed by atoms with van der Waals surface area (Å²) in [6, 6.07) is 0. The minimum Gasteiger partial charge on any atom is -0.460 e. The van der Waals surface area contributed by atoms with Crippen molar-refractivity contribution in [1.82, 2.24) is 0 Å². The second kappa shape index (κ2) is 11.8. The summed E-state index contributed by atoms with van der Waals surface area (Å²) >= 11 is 0. The van der Waals surface area contributed by atoms with E-state index in [2.05, 4.69) is 73.5 Å². The van der Waals surface area contributed by atoms with Gasteiger partial charge in [0, 0.05) is 19.1 Å². The van der Waals surface area contributed by atoms with E-state index in [1.807, 2.05) is 6.92 Å². The van der Waals surface area contributed by atoms with Crippen molar-refractivity contribution in [3.05, 3.63) is 17.9 Å². The topological polar surface area (TPSA) is 65.0 Å². The number of hydrogen-bond donors (Lipinski definition) is 1. The van der Waals surface area contributed by atoms with Gasteiger partial charge in [0.1, 0.15) is 6.10 Å². The Kier molecular flexibility index (Phi) is 11.5. The summed E-state index contributed by atoms with van der Waals surface area (Å²) in [5, 5.41) is 10.5. The molecule has 0 fully saturated rings. The Bertz CT molecular complexity index is 581. The molecule has 0 aliphatic rings. The van der Waals surface area contributed by atoms with Gasteiger partial charge in [-0.25, -0.2) is 0 Å². The van der Waals surface area contributed by atoms with Gasteiger partial charge < -0.3 is 18.7 Å². The molecule has 0 spiro atoms. The Labute approximate surface area is 187 Å². The van der Waals surface area contributed by atoms with Gasteiger partial charge in [-0.3, -0.25) is 4.79 Å². The molecule has 0 radical (unpaired) electrons. The molecule has 0 aromatic carbocycles. The molecule has 0 bridgehead atoms. The van der Waals surface area contributed by atoms with Crippen molar-refractivity contribution in [2.45, 2.75) is 116 Å². The van der Waals surface area contributed by atoms with Gasteiger partial charge in [0.25, 0.3) is 6.47 Å². The van der Waals surface area contributed by atoms with Crippen molar-refractivity contribution in [3.63, 3.8) is 0 Å². The first-order valence-electron chi connectivity index (χ1n) is 10.9. The average molecular weight is 459 g/mol. The molecule has 0 heterocycles. The normalized spacial score (nSPS) is 16.3. The van der Waals surface area contributed by atoms with Crippen LogP contribution in [0.4, 0.5) is 0 Å². The highest BCUT2D eigenvalue weighted by molar-refractivity contribution is 6.74. The fraction of sp³-hybridized carbons (Fsp3) is 0.826. The monoisotopic (exact) mass is 458 g/mol. The van der Waals surface area contributed by atoms with Crippen molar-refractivity contribution >= 4 is 23.1 Å². The second-order valence-corrected chi connectivity index (χ2v) is 20.7. The number of hydrogen-bond acceptors (Lipinski definition) is 5. The zero-order chi connectivity index (χ0) is 23.8. The van der Waals surface area contributed by atoms with Crippen LogP contribution in [0.2, 0.25) is 36.3 Å². The predicted octanol–water partition coefficient (Wildman–Crippen LogP) is 5.81. The number of ether oxygens (including phenoxy) is 1. The largest absolute Gasteiger partial charge is 0.460 e. The van der Waals surface area contributed by atoms with Gasteiger partial charge in [-0.05, 0) is 61.8 Å². The number of carbonyl (C=O) groups excluding carboxylic acids is 1. The molecule has 176 valence electrons. The second-order valence-electron chi connectivity index (χ2n) is 11.2. The van der Waals surface area contributed by atoms with Crippen LogP contribution in [-0.4, -0.2) is 53.1 Å². The SMILES string of the molecule is C[C@H](C[C@H](C=C=C[C@H](O)CCO[Si](C)(C)C(C)(C)C)OC=O)O[Si](C)(C)C(C)(C)C. The van der Waals surface area contributed by atoms with Crippen LogP contribution in [0.3, 0.4) is 0 Å². The zero-order valence-corrected chi connectivity index (χ0v) is 23.2. The van der Waals surface area contributed by atoms with Crippen molar-refractivity contribution in [3.8, 4) is 0 Å². The van der Waals surface area contributed by atoms with Crippen LogP contribution in [0.5, 0.6) is 0 Å². The third kappa shape index (κ3) is 10.6. The third-order valence-electron chi connectivity index (χ3n) is 6.35. The van der Waals surface area contributed by atoms with E-state index in [-0.39, 0.29) is 16.2 Å². The number of aliphatic hydroxyl groups is 1. The molecule has 0 saturated carbocycles. The van der Waals surface area contributed by atoms with Crippen molar-refractivity contribution < 1.29 is 23.5 Å². The van der Waals surface area contributed by atoms with Crippen LogP contribution in [0, 0.1) is 0 Å². The highest BCUT2D eigenvalue weighted by atomic mass is 28.4. The Morgan fingerprint density at radius 2 is 1.50 bits per heavy atom. The van der Waals surface area contributed by atoms with Crippen LogP contribution >= 0.6 is 0 Å². The van der Waals surface area contributed by atoms with Gasteiger partial charge in [-0.2, -0.15) is 0 Å². The first kappa shape index (κ1) is 29.3. The highest BCUT2D eigenvalue weighted by Crippen LogP contribution is 2.38. The van der Waals surface area contributed by atoms with E-state index >= 15 is 0 Å². The minimum absolute atomic E-state index is 0.0446. The van der Waals surface area contributed by atoms with E-state index in [1.54, 1.807) is 12.2 Å². The molecule has 5 nitrogen and oxygen atoms in total. The maximum absolute atomic E-state index is 10.9. The molecule has 0 unspecified atom stereocenters. The lowest BCUT2D eigenvalue weighted by molar-refractivity contribution is -0.132. The van der Waals surface area contributed by atoms with Gasteiger partial charge in [0.2, 0.25) is 0 Å². The molecular weight excluding hydrogens is 412 g/mol. The first-order chi connectivity index (χ1) is 13.4. The summed E-state index contributed by atoms with van der Waals surface area (Å²) in [5.74, 6) is 0. The first-order valence-corrected chi connectivity index (χ1v) is 16.8. The summed E-state index contributed by atoms with van der Waals surface area (Å²) in [6.07, 6.45) is 3.20. The van der Waals surface area contributed by atoms with E-state index in [0.717, 1.165) is 0 Å². The summed E-state index contributed by atoms with van der Waals surface area (Å²) in [5.41, 5.74) is 2.97. The molecule has 0 aliphatic heterocycles. The Morgan fingerprint density at radius 1 is 0.967 bits per heavy atom. The lowest BCUT2D eigenvalue weighted by Gasteiger charge is -2.38. The molecule has 30 heavy (non-hydrogen) atoms. The van der Waals surface area contributed by atoms with Crippen LogP contribution in [0.1, 0.15) is 61.3 Å². The van der Waals surface area contributed by atoms with Crippen LogP contribution in [0.15, 0.2) is 17.9 Å². The number of aliphatic hydroxyl groups excluding tert-OH is 1. The molecule has 0 aromatic rings. The lowest BCUT2D eigenvalue weighted by atomic mass is 10.1. The van der Waals surface area contributed by atoms with Gasteiger partial charge >= 0.3 is 0 Å². The molecule has 0 saturated heterocycles. The average Bonchev–Trinajstić information content (AvgIpc) is 2.51. The van der Waals surface area contributed by atoms with E-state index in [1.165, 1.54) is 0 Å². The standard InChI is InChI=1S/C23H46O5Si2/c1-19(28-30(10,11)23(5,6)7)17-21(26-18-24)14-12-13-20(25)15-16-27-29(8,9)22(2,3)4/h13-14,18-21,25H,15-17H2,1-11H3/t12?,19-,20+,21+/m1/s1. The van der Waals surface area contributed by atoms with E-state index in [9.17, 15) is 9.90 Å². The van der Waals surface area contributed by atoms with Gasteiger partial charge in [0.05, 0.1) is 6.10 Å². The number of rotatable bonds is 12. The van der Waals surface area contributed by atoms with E-state index in [0.29, 0.717) is 25.9 Å². The lowest BCUT2D eigenvalue weighted by Crippen LogP contribution is -2.43. The maximum atomic E-state index is 10.9. The van der Waals surface area contributed by atoms with Crippen molar-refractivity contribution in [2.24, 2.45) is 0 Å². The third-order valence-corrected chi connectivity index (χ3v) is 15.5. The zero-order valence-electron chi connectivity index (χ0n) is 21.2. The Balaban J connectivity index is 4.78. The summed E-state index contributed by atoms with van der Waals surface area (Å²) < 4.78 is 17.6. The Morgan fingerprint density at radius 3 is 1.97 bits per heavy atom. The molecule has 7 heteroatoms. The summed E-state index contributed by atoms with van der Waals surface area (Å²) in [4.78, 5) is 10.9. The molecular formula is C23H46O5Si2. The van der Waals surface area contributed by atoms with Crippen LogP contribution < -0.4 is 0 Å². The predicted molar refractivity (Wildman–Crippen MR) is 130 cm³/mol. The Hall–Kier alpha value is -0.696. The molecule has 0 rings (SSSR count).